The van der Waals surface area contributed by atoms with Crippen LogP contribution in [0.5, 0.6) is 0 Å². The van der Waals surface area contributed by atoms with E-state index in [-0.39, 0.29) is 12.1 Å². The van der Waals surface area contributed by atoms with Gasteiger partial charge in [0.1, 0.15) is 0 Å². The number of hydrogen-bond acceptors (Lipinski definition) is 3. The Morgan fingerprint density at radius 2 is 2.31 bits per heavy atom. The van der Waals surface area contributed by atoms with Gasteiger partial charge in [-0.25, -0.2) is 4.98 Å². The molecule has 2 N–H and O–H groups in total. The van der Waals surface area contributed by atoms with Crippen molar-refractivity contribution in [1.29, 1.82) is 0 Å². The summed E-state index contributed by atoms with van der Waals surface area (Å²) in [6.45, 7) is 5.53. The first-order chi connectivity index (χ1) is 6.20. The summed E-state index contributed by atoms with van der Waals surface area (Å²) in [6.07, 6.45) is 1.53. The minimum atomic E-state index is -0.285. The van der Waals surface area contributed by atoms with Gasteiger partial charge in [-0.3, -0.25) is 0 Å². The molecule has 0 amide bonds. The van der Waals surface area contributed by atoms with E-state index >= 15 is 0 Å². The van der Waals surface area contributed by atoms with Crippen LogP contribution in [-0.2, 0) is 0 Å². The van der Waals surface area contributed by atoms with Crippen LogP contribution in [0.15, 0.2) is 6.33 Å². The average molecular weight is 181 g/mol. The number of aromatic nitrogens is 2. The van der Waals surface area contributed by atoms with Crippen LogP contribution >= 0.6 is 0 Å². The predicted octanol–water partition coefficient (Wildman–Crippen LogP) is 0.00514. The Morgan fingerprint density at radius 3 is 2.77 bits per heavy atom. The van der Waals surface area contributed by atoms with Gasteiger partial charge in [-0.05, 0) is 13.8 Å². The molecule has 1 aromatic rings. The van der Waals surface area contributed by atoms with Crippen LogP contribution in [0, 0.1) is 13.8 Å². The zero-order valence-electron chi connectivity index (χ0n) is 7.99. The van der Waals surface area contributed by atoms with Crippen molar-refractivity contribution < 1.29 is 5.11 Å². The van der Waals surface area contributed by atoms with Crippen LogP contribution in [0.1, 0.15) is 17.4 Å². The Kier molecular flexibility index (Phi) is 2.09. The smallest absolute Gasteiger partial charge is 0.0955 e. The van der Waals surface area contributed by atoms with Gasteiger partial charge in [-0.1, -0.05) is 0 Å². The van der Waals surface area contributed by atoms with Crippen LogP contribution in [0.3, 0.4) is 0 Å². The molecule has 2 rings (SSSR count). The Balaban J connectivity index is 2.29. The van der Waals surface area contributed by atoms with Crippen molar-refractivity contribution in [1.82, 2.24) is 14.9 Å². The highest BCUT2D eigenvalue weighted by Gasteiger charge is 2.27. The zero-order valence-corrected chi connectivity index (χ0v) is 7.99. The largest absolute Gasteiger partial charge is 0.390 e. The number of rotatable bonds is 1. The fourth-order valence-electron chi connectivity index (χ4n) is 1.78. The molecule has 0 aromatic carbocycles. The topological polar surface area (TPSA) is 50.1 Å². The molecule has 0 radical (unpaired) electrons. The molecular weight excluding hydrogens is 166 g/mol. The Morgan fingerprint density at radius 1 is 1.54 bits per heavy atom. The summed E-state index contributed by atoms with van der Waals surface area (Å²) in [5, 5.41) is 12.8. The molecule has 1 fully saturated rings. The van der Waals surface area contributed by atoms with Gasteiger partial charge in [0, 0.05) is 18.8 Å². The third-order valence-electron chi connectivity index (χ3n) is 2.80. The van der Waals surface area contributed by atoms with Crippen LogP contribution in [0.4, 0.5) is 0 Å². The maximum atomic E-state index is 9.66. The highest BCUT2D eigenvalue weighted by Crippen LogP contribution is 2.19. The van der Waals surface area contributed by atoms with E-state index in [1.165, 1.54) is 0 Å². The maximum Gasteiger partial charge on any atom is 0.0955 e. The fraction of sp³-hybridized carbons (Fsp3) is 0.667. The summed E-state index contributed by atoms with van der Waals surface area (Å²) in [5.74, 6) is 0. The molecule has 0 aliphatic carbocycles. The molecule has 13 heavy (non-hydrogen) atoms. The number of nitrogens with one attached hydrogen (secondary N) is 1. The molecule has 72 valence electrons. The molecule has 4 heteroatoms. The van der Waals surface area contributed by atoms with Gasteiger partial charge in [0.2, 0.25) is 0 Å². The van der Waals surface area contributed by atoms with Crippen LogP contribution in [-0.4, -0.2) is 33.9 Å². The van der Waals surface area contributed by atoms with Gasteiger partial charge < -0.3 is 15.0 Å². The van der Waals surface area contributed by atoms with Crippen molar-refractivity contribution in [3.63, 3.8) is 0 Å². The van der Waals surface area contributed by atoms with E-state index in [4.69, 9.17) is 0 Å². The monoisotopic (exact) mass is 181 g/mol. The lowest BCUT2D eigenvalue weighted by Gasteiger charge is -2.16. The molecule has 2 atom stereocenters. The first-order valence-electron chi connectivity index (χ1n) is 4.59. The van der Waals surface area contributed by atoms with E-state index in [2.05, 4.69) is 14.9 Å². The minimum absolute atomic E-state index is 0.154. The van der Waals surface area contributed by atoms with Gasteiger partial charge in [0.25, 0.3) is 0 Å². The summed E-state index contributed by atoms with van der Waals surface area (Å²) in [6, 6.07) is 0.154. The summed E-state index contributed by atoms with van der Waals surface area (Å²) >= 11 is 0. The molecule has 1 saturated heterocycles. The number of imidazole rings is 1. The molecule has 2 heterocycles. The zero-order chi connectivity index (χ0) is 9.42. The molecule has 1 aliphatic rings. The number of nitrogens with zero attached hydrogens (tertiary/aromatic N) is 2. The van der Waals surface area contributed by atoms with E-state index in [0.29, 0.717) is 6.54 Å². The molecule has 4 nitrogen and oxygen atoms in total. The van der Waals surface area contributed by atoms with Gasteiger partial charge in [-0.15, -0.1) is 0 Å². The SMILES string of the molecule is Cc1ncn(C2CNCC2O)c1C. The lowest BCUT2D eigenvalue weighted by Crippen LogP contribution is -2.22. The Bertz CT molecular complexity index is 308. The number of aliphatic hydroxyl groups excluding tert-OH is 1. The van der Waals surface area contributed by atoms with E-state index in [1.54, 1.807) is 0 Å². The van der Waals surface area contributed by atoms with Crippen molar-refractivity contribution in [3.05, 3.63) is 17.7 Å². The van der Waals surface area contributed by atoms with E-state index in [1.807, 2.05) is 20.2 Å². The number of aryl methyl sites for hydroxylation is 1. The van der Waals surface area contributed by atoms with Crippen molar-refractivity contribution in [3.8, 4) is 0 Å². The van der Waals surface area contributed by atoms with Crippen LogP contribution in [0.2, 0.25) is 0 Å². The lowest BCUT2D eigenvalue weighted by molar-refractivity contribution is 0.150. The number of hydrogen-bond donors (Lipinski definition) is 2. The maximum absolute atomic E-state index is 9.66. The first-order valence-corrected chi connectivity index (χ1v) is 4.59. The predicted molar refractivity (Wildman–Crippen MR) is 49.6 cm³/mol. The Hall–Kier alpha value is -0.870. The molecular formula is C9H15N3O. The lowest BCUT2D eigenvalue weighted by atomic mass is 10.2. The number of aliphatic hydroxyl groups is 1. The second-order valence-corrected chi connectivity index (χ2v) is 3.62. The van der Waals surface area contributed by atoms with Crippen molar-refractivity contribution in [2.45, 2.75) is 26.0 Å². The van der Waals surface area contributed by atoms with Gasteiger partial charge in [0.05, 0.1) is 24.2 Å². The normalized spacial score (nSPS) is 28.2. The third kappa shape index (κ3) is 1.36. The fourth-order valence-corrected chi connectivity index (χ4v) is 1.78. The summed E-state index contributed by atoms with van der Waals surface area (Å²) in [5.41, 5.74) is 2.19. The molecule has 2 unspecified atom stereocenters. The van der Waals surface area contributed by atoms with E-state index < -0.39 is 0 Å². The molecule has 0 bridgehead atoms. The molecule has 0 saturated carbocycles. The first kappa shape index (κ1) is 8.72. The highest BCUT2D eigenvalue weighted by atomic mass is 16.3. The Labute approximate surface area is 77.6 Å². The van der Waals surface area contributed by atoms with Crippen molar-refractivity contribution in [2.75, 3.05) is 13.1 Å². The van der Waals surface area contributed by atoms with Gasteiger partial charge in [-0.2, -0.15) is 0 Å². The highest BCUT2D eigenvalue weighted by molar-refractivity contribution is 5.11. The summed E-state index contributed by atoms with van der Waals surface area (Å²) in [4.78, 5) is 4.22. The van der Waals surface area contributed by atoms with Crippen LogP contribution in [0.25, 0.3) is 0 Å². The average Bonchev–Trinajstić information content (AvgIpc) is 2.62. The van der Waals surface area contributed by atoms with E-state index in [0.717, 1.165) is 17.9 Å². The van der Waals surface area contributed by atoms with Crippen molar-refractivity contribution >= 4 is 0 Å². The second kappa shape index (κ2) is 3.12. The quantitative estimate of drug-likeness (QED) is 0.641. The minimum Gasteiger partial charge on any atom is -0.390 e. The summed E-state index contributed by atoms with van der Waals surface area (Å²) in [7, 11) is 0. The van der Waals surface area contributed by atoms with Gasteiger partial charge in [0.15, 0.2) is 0 Å². The standard InChI is InChI=1S/C9H15N3O/c1-6-7(2)12(5-11-6)8-3-10-4-9(8)13/h5,8-10,13H,3-4H2,1-2H3. The molecule has 1 aliphatic heterocycles. The molecule has 0 spiro atoms. The van der Waals surface area contributed by atoms with Crippen LogP contribution < -0.4 is 5.32 Å². The second-order valence-electron chi connectivity index (χ2n) is 3.62. The molecule has 1 aromatic heterocycles. The summed E-state index contributed by atoms with van der Waals surface area (Å²) < 4.78 is 2.06. The third-order valence-corrected chi connectivity index (χ3v) is 2.80. The van der Waals surface area contributed by atoms with E-state index in [9.17, 15) is 5.11 Å². The van der Waals surface area contributed by atoms with Gasteiger partial charge >= 0.3 is 0 Å². The van der Waals surface area contributed by atoms with Crippen molar-refractivity contribution in [2.24, 2.45) is 0 Å². The number of β-amino-alcohol motifs (C(OH)–C–C–N with tert-alkyl or cyclic N) is 1.